The topological polar surface area (TPSA) is 21.3 Å². The number of ether oxygens (including phenoxy) is 1. The minimum Gasteiger partial charge on any atom is -0.382 e. The monoisotopic (exact) mass is 183 g/mol. The molecule has 0 aromatic rings. The highest BCUT2D eigenvalue weighted by Crippen LogP contribution is 2.36. The van der Waals surface area contributed by atoms with Gasteiger partial charge in [0.05, 0.1) is 6.61 Å². The summed E-state index contributed by atoms with van der Waals surface area (Å²) in [6, 6.07) is 0. The van der Waals surface area contributed by atoms with E-state index in [0.717, 1.165) is 0 Å². The molecule has 1 rings (SSSR count). The molecule has 5 heteroatoms. The van der Waals surface area contributed by atoms with Gasteiger partial charge in [0.2, 0.25) is 0 Å². The van der Waals surface area contributed by atoms with Crippen LogP contribution in [0.5, 0.6) is 0 Å². The summed E-state index contributed by atoms with van der Waals surface area (Å²) in [5.41, 5.74) is -1.79. The Kier molecular flexibility index (Phi) is 2.63. The Hall–Kier alpha value is -0.290. The van der Waals surface area contributed by atoms with Crippen molar-refractivity contribution < 1.29 is 17.9 Å². The van der Waals surface area contributed by atoms with Crippen molar-refractivity contribution in [2.24, 2.45) is 0 Å². The number of alkyl halides is 3. The number of halogens is 3. The molecule has 72 valence electrons. The summed E-state index contributed by atoms with van der Waals surface area (Å²) in [4.78, 5) is 0. The van der Waals surface area contributed by atoms with E-state index in [1.807, 2.05) is 0 Å². The molecule has 1 aliphatic rings. The molecule has 12 heavy (non-hydrogen) atoms. The van der Waals surface area contributed by atoms with Crippen molar-refractivity contribution in [2.45, 2.75) is 24.6 Å². The van der Waals surface area contributed by atoms with E-state index >= 15 is 0 Å². The van der Waals surface area contributed by atoms with Gasteiger partial charge in [0, 0.05) is 7.11 Å². The first-order valence-corrected chi connectivity index (χ1v) is 3.82. The van der Waals surface area contributed by atoms with Gasteiger partial charge in [0.25, 0.3) is 0 Å². The van der Waals surface area contributed by atoms with E-state index < -0.39 is 11.7 Å². The zero-order valence-electron chi connectivity index (χ0n) is 6.87. The van der Waals surface area contributed by atoms with Crippen LogP contribution in [0.1, 0.15) is 12.8 Å². The van der Waals surface area contributed by atoms with Crippen LogP contribution in [0.25, 0.3) is 0 Å². The van der Waals surface area contributed by atoms with Crippen molar-refractivity contribution in [3.63, 3.8) is 0 Å². The van der Waals surface area contributed by atoms with Gasteiger partial charge in [-0.3, -0.25) is 0 Å². The lowest BCUT2D eigenvalue weighted by molar-refractivity contribution is -0.204. The second kappa shape index (κ2) is 3.22. The van der Waals surface area contributed by atoms with E-state index in [1.54, 1.807) is 0 Å². The molecular formula is C7H12F3NO. The molecule has 0 spiro atoms. The fourth-order valence-electron chi connectivity index (χ4n) is 1.50. The predicted molar refractivity (Wildman–Crippen MR) is 37.9 cm³/mol. The van der Waals surface area contributed by atoms with Crippen LogP contribution in [0.15, 0.2) is 0 Å². The van der Waals surface area contributed by atoms with Gasteiger partial charge >= 0.3 is 6.18 Å². The van der Waals surface area contributed by atoms with Crippen LogP contribution in [0.2, 0.25) is 0 Å². The Bertz CT molecular complexity index is 151. The van der Waals surface area contributed by atoms with Gasteiger partial charge in [-0.2, -0.15) is 13.2 Å². The maximum atomic E-state index is 12.5. The van der Waals surface area contributed by atoms with Crippen LogP contribution in [-0.2, 0) is 4.74 Å². The molecule has 1 atom stereocenters. The van der Waals surface area contributed by atoms with Crippen LogP contribution in [-0.4, -0.2) is 32.0 Å². The second-order valence-corrected chi connectivity index (χ2v) is 3.04. The van der Waals surface area contributed by atoms with Gasteiger partial charge in [-0.05, 0) is 19.4 Å². The van der Waals surface area contributed by atoms with Crippen LogP contribution in [0.3, 0.4) is 0 Å². The molecule has 1 N–H and O–H groups in total. The third kappa shape index (κ3) is 1.56. The van der Waals surface area contributed by atoms with Crippen LogP contribution >= 0.6 is 0 Å². The van der Waals surface area contributed by atoms with Crippen molar-refractivity contribution >= 4 is 0 Å². The Morgan fingerprint density at radius 3 is 2.50 bits per heavy atom. The summed E-state index contributed by atoms with van der Waals surface area (Å²) < 4.78 is 42.0. The Labute approximate surface area is 69.1 Å². The van der Waals surface area contributed by atoms with Crippen LogP contribution < -0.4 is 5.32 Å². The standard InChI is InChI=1S/C7H12F3NO/c1-12-5-6(7(8,9)10)3-2-4-11-6/h11H,2-5H2,1H3. The fourth-order valence-corrected chi connectivity index (χ4v) is 1.50. The molecule has 0 aromatic carbocycles. The molecule has 1 aliphatic heterocycles. The lowest BCUT2D eigenvalue weighted by atomic mass is 9.98. The highest BCUT2D eigenvalue weighted by Gasteiger charge is 2.56. The molecule has 1 saturated heterocycles. The SMILES string of the molecule is COCC1(C(F)(F)F)CCCN1. The smallest absolute Gasteiger partial charge is 0.382 e. The van der Waals surface area contributed by atoms with Crippen molar-refractivity contribution in [3.8, 4) is 0 Å². The number of rotatable bonds is 2. The number of methoxy groups -OCH3 is 1. The first-order valence-electron chi connectivity index (χ1n) is 3.82. The molecule has 0 radical (unpaired) electrons. The molecule has 0 aliphatic carbocycles. The van der Waals surface area contributed by atoms with Crippen molar-refractivity contribution in [2.75, 3.05) is 20.3 Å². The lowest BCUT2D eigenvalue weighted by Gasteiger charge is -2.30. The highest BCUT2D eigenvalue weighted by molar-refractivity contribution is 4.99. The minimum absolute atomic E-state index is 0.115. The molecule has 0 amide bonds. The summed E-state index contributed by atoms with van der Waals surface area (Å²) in [5, 5.41) is 2.46. The first-order chi connectivity index (χ1) is 5.52. The summed E-state index contributed by atoms with van der Waals surface area (Å²) in [7, 11) is 1.29. The predicted octanol–water partition coefficient (Wildman–Crippen LogP) is 1.32. The quantitative estimate of drug-likeness (QED) is 0.697. The molecule has 1 fully saturated rings. The molecule has 0 bridgehead atoms. The van der Waals surface area contributed by atoms with Gasteiger partial charge in [-0.25, -0.2) is 0 Å². The van der Waals surface area contributed by atoms with Gasteiger partial charge in [0.15, 0.2) is 0 Å². The van der Waals surface area contributed by atoms with Gasteiger partial charge in [-0.1, -0.05) is 0 Å². The third-order valence-corrected chi connectivity index (χ3v) is 2.18. The normalized spacial score (nSPS) is 31.0. The summed E-state index contributed by atoms with van der Waals surface area (Å²) in [6.07, 6.45) is -3.54. The first kappa shape index (κ1) is 9.80. The van der Waals surface area contributed by atoms with E-state index in [0.29, 0.717) is 13.0 Å². The van der Waals surface area contributed by atoms with Gasteiger partial charge in [0.1, 0.15) is 5.54 Å². The molecule has 0 saturated carbocycles. The third-order valence-electron chi connectivity index (χ3n) is 2.18. The zero-order chi connectivity index (χ0) is 9.24. The van der Waals surface area contributed by atoms with E-state index in [1.165, 1.54) is 7.11 Å². The van der Waals surface area contributed by atoms with E-state index in [4.69, 9.17) is 0 Å². The molecule has 1 unspecified atom stereocenters. The molecule has 0 aromatic heterocycles. The number of hydrogen-bond acceptors (Lipinski definition) is 2. The fraction of sp³-hybridized carbons (Fsp3) is 1.00. The van der Waals surface area contributed by atoms with Crippen molar-refractivity contribution in [1.82, 2.24) is 5.32 Å². The summed E-state index contributed by atoms with van der Waals surface area (Å²) in [6.45, 7) is 0.124. The van der Waals surface area contributed by atoms with Gasteiger partial charge < -0.3 is 10.1 Å². The highest BCUT2D eigenvalue weighted by atomic mass is 19.4. The average molecular weight is 183 g/mol. The van der Waals surface area contributed by atoms with E-state index in [2.05, 4.69) is 10.1 Å². The Morgan fingerprint density at radius 1 is 1.50 bits per heavy atom. The van der Waals surface area contributed by atoms with Gasteiger partial charge in [-0.15, -0.1) is 0 Å². The maximum absolute atomic E-state index is 12.5. The summed E-state index contributed by atoms with van der Waals surface area (Å²) in [5.74, 6) is 0. The largest absolute Gasteiger partial charge is 0.408 e. The lowest BCUT2D eigenvalue weighted by Crippen LogP contribution is -2.56. The Balaban J connectivity index is 2.72. The molecule has 2 nitrogen and oxygen atoms in total. The molecule has 1 heterocycles. The second-order valence-electron chi connectivity index (χ2n) is 3.04. The number of hydrogen-bond donors (Lipinski definition) is 1. The minimum atomic E-state index is -4.21. The number of nitrogens with one attached hydrogen (secondary N) is 1. The van der Waals surface area contributed by atoms with Crippen LogP contribution in [0.4, 0.5) is 13.2 Å². The van der Waals surface area contributed by atoms with Crippen molar-refractivity contribution in [3.05, 3.63) is 0 Å². The molecular weight excluding hydrogens is 171 g/mol. The summed E-state index contributed by atoms with van der Waals surface area (Å²) >= 11 is 0. The maximum Gasteiger partial charge on any atom is 0.408 e. The van der Waals surface area contributed by atoms with Crippen LogP contribution in [0, 0.1) is 0 Å². The van der Waals surface area contributed by atoms with E-state index in [-0.39, 0.29) is 13.0 Å². The van der Waals surface area contributed by atoms with Crippen molar-refractivity contribution in [1.29, 1.82) is 0 Å². The zero-order valence-corrected chi connectivity index (χ0v) is 6.87. The average Bonchev–Trinajstić information content (AvgIpc) is 2.36. The Morgan fingerprint density at radius 2 is 2.17 bits per heavy atom. The van der Waals surface area contributed by atoms with E-state index in [9.17, 15) is 13.2 Å².